The fraction of sp³-hybridized carbons (Fsp3) is 0.520. The van der Waals surface area contributed by atoms with Crippen LogP contribution in [-0.2, 0) is 13.0 Å². The Morgan fingerprint density at radius 2 is 1.72 bits per heavy atom. The number of halogens is 1. The second kappa shape index (κ2) is 10.6. The summed E-state index contributed by atoms with van der Waals surface area (Å²) in [5.41, 5.74) is 3.40. The van der Waals surface area contributed by atoms with Crippen LogP contribution in [0.1, 0.15) is 68.2 Å². The zero-order valence-electron chi connectivity index (χ0n) is 18.0. The van der Waals surface area contributed by atoms with Crippen molar-refractivity contribution in [3.05, 3.63) is 58.9 Å². The van der Waals surface area contributed by atoms with Gasteiger partial charge in [0.1, 0.15) is 5.82 Å². The summed E-state index contributed by atoms with van der Waals surface area (Å²) in [4.78, 5) is 2.44. The van der Waals surface area contributed by atoms with E-state index in [1.165, 1.54) is 43.2 Å². The molecule has 3 rings (SSSR count). The topological polar surface area (TPSA) is 21.7 Å². The number of hydrogen-bond donors (Lipinski definition) is 0. The van der Waals surface area contributed by atoms with E-state index in [-0.39, 0.29) is 11.9 Å². The predicted octanol–water partition coefficient (Wildman–Crippen LogP) is 6.30. The van der Waals surface area contributed by atoms with Crippen LogP contribution >= 0.6 is 0 Å². The van der Waals surface area contributed by atoms with Gasteiger partial charge in [0.15, 0.2) is 11.5 Å². The number of ether oxygens (including phenoxy) is 2. The van der Waals surface area contributed by atoms with Crippen molar-refractivity contribution < 1.29 is 13.9 Å². The molecule has 4 heteroatoms. The molecule has 0 spiro atoms. The number of unbranched alkanes of at least 4 members (excludes halogenated alkanes) is 4. The van der Waals surface area contributed by atoms with Crippen molar-refractivity contribution in [3.8, 4) is 11.5 Å². The minimum Gasteiger partial charge on any atom is -0.493 e. The summed E-state index contributed by atoms with van der Waals surface area (Å²) >= 11 is 0. The predicted molar refractivity (Wildman–Crippen MR) is 116 cm³/mol. The van der Waals surface area contributed by atoms with Gasteiger partial charge in [0.25, 0.3) is 0 Å². The van der Waals surface area contributed by atoms with Crippen LogP contribution in [0.25, 0.3) is 0 Å². The van der Waals surface area contributed by atoms with Gasteiger partial charge in [-0.3, -0.25) is 4.90 Å². The Bertz CT molecular complexity index is 792. The van der Waals surface area contributed by atoms with Crippen LogP contribution in [0.15, 0.2) is 36.4 Å². The molecule has 0 radical (unpaired) electrons. The molecule has 3 nitrogen and oxygen atoms in total. The molecule has 0 aromatic heterocycles. The smallest absolute Gasteiger partial charge is 0.161 e. The lowest BCUT2D eigenvalue weighted by Gasteiger charge is -2.38. The monoisotopic (exact) mass is 399 g/mol. The first-order valence-corrected chi connectivity index (χ1v) is 10.9. The van der Waals surface area contributed by atoms with Gasteiger partial charge in [0.2, 0.25) is 0 Å². The standard InChI is InChI=1S/C25H34FNO2/c1-4-5-6-7-8-13-23-21-17-25(29-3)24(28-2)16-19(21)14-15-27(23)18-20-11-9-10-12-22(20)26/h9-12,16-17,23H,4-8,13-15,18H2,1-3H3. The van der Waals surface area contributed by atoms with Crippen LogP contribution in [0.3, 0.4) is 0 Å². The maximum Gasteiger partial charge on any atom is 0.161 e. The number of rotatable bonds is 10. The molecule has 1 atom stereocenters. The van der Waals surface area contributed by atoms with E-state index in [4.69, 9.17) is 9.47 Å². The van der Waals surface area contributed by atoms with Crippen molar-refractivity contribution in [3.63, 3.8) is 0 Å². The van der Waals surface area contributed by atoms with Crippen molar-refractivity contribution in [2.75, 3.05) is 20.8 Å². The Morgan fingerprint density at radius 3 is 2.45 bits per heavy atom. The van der Waals surface area contributed by atoms with Gasteiger partial charge in [0, 0.05) is 24.7 Å². The van der Waals surface area contributed by atoms with Crippen LogP contribution in [0, 0.1) is 5.82 Å². The molecule has 0 fully saturated rings. The third-order valence-electron chi connectivity index (χ3n) is 6.03. The van der Waals surface area contributed by atoms with E-state index < -0.39 is 0 Å². The van der Waals surface area contributed by atoms with E-state index in [1.54, 1.807) is 26.4 Å². The van der Waals surface area contributed by atoms with Gasteiger partial charge in [-0.2, -0.15) is 0 Å². The first-order valence-electron chi connectivity index (χ1n) is 10.9. The highest BCUT2D eigenvalue weighted by Crippen LogP contribution is 2.40. The first kappa shape index (κ1) is 21.6. The summed E-state index contributed by atoms with van der Waals surface area (Å²) in [7, 11) is 3.37. The van der Waals surface area contributed by atoms with Gasteiger partial charge in [-0.25, -0.2) is 4.39 Å². The summed E-state index contributed by atoms with van der Waals surface area (Å²) in [6.45, 7) is 3.81. The van der Waals surface area contributed by atoms with E-state index in [0.717, 1.165) is 36.4 Å². The van der Waals surface area contributed by atoms with Crippen LogP contribution < -0.4 is 9.47 Å². The molecule has 1 heterocycles. The molecule has 0 saturated heterocycles. The normalized spacial score (nSPS) is 16.5. The number of nitrogens with zero attached hydrogens (tertiary/aromatic N) is 1. The molecule has 0 saturated carbocycles. The Labute approximate surface area is 174 Å². The number of fused-ring (bicyclic) bond motifs is 1. The second-order valence-electron chi connectivity index (χ2n) is 7.94. The van der Waals surface area contributed by atoms with E-state index >= 15 is 0 Å². The first-order chi connectivity index (χ1) is 14.2. The molecule has 1 aliphatic rings. The van der Waals surface area contributed by atoms with Gasteiger partial charge in [-0.1, -0.05) is 57.2 Å². The summed E-state index contributed by atoms with van der Waals surface area (Å²) in [6.07, 6.45) is 8.30. The molecule has 2 aromatic carbocycles. The number of hydrogen-bond acceptors (Lipinski definition) is 3. The van der Waals surface area contributed by atoms with Gasteiger partial charge < -0.3 is 9.47 Å². The van der Waals surface area contributed by atoms with Crippen LogP contribution in [0.2, 0.25) is 0 Å². The van der Waals surface area contributed by atoms with Gasteiger partial charge >= 0.3 is 0 Å². The molecule has 2 aromatic rings. The molecular weight excluding hydrogens is 365 g/mol. The van der Waals surface area contributed by atoms with E-state index in [0.29, 0.717) is 6.54 Å². The average Bonchev–Trinajstić information content (AvgIpc) is 2.75. The minimum atomic E-state index is -0.118. The zero-order valence-corrected chi connectivity index (χ0v) is 18.0. The average molecular weight is 400 g/mol. The highest BCUT2D eigenvalue weighted by molar-refractivity contribution is 5.49. The van der Waals surface area contributed by atoms with Crippen molar-refractivity contribution >= 4 is 0 Å². The van der Waals surface area contributed by atoms with E-state index in [9.17, 15) is 4.39 Å². The molecule has 0 bridgehead atoms. The van der Waals surface area contributed by atoms with Crippen LogP contribution in [0.4, 0.5) is 4.39 Å². The maximum atomic E-state index is 14.3. The lowest BCUT2D eigenvalue weighted by Crippen LogP contribution is -2.35. The van der Waals surface area contributed by atoms with Crippen molar-refractivity contribution in [2.24, 2.45) is 0 Å². The Morgan fingerprint density at radius 1 is 1.00 bits per heavy atom. The Balaban J connectivity index is 1.85. The van der Waals surface area contributed by atoms with Crippen molar-refractivity contribution in [1.29, 1.82) is 0 Å². The number of benzene rings is 2. The van der Waals surface area contributed by atoms with Crippen molar-refractivity contribution in [1.82, 2.24) is 4.90 Å². The molecule has 29 heavy (non-hydrogen) atoms. The quantitative estimate of drug-likeness (QED) is 0.437. The minimum absolute atomic E-state index is 0.118. The molecule has 0 amide bonds. The Kier molecular flexibility index (Phi) is 7.93. The SMILES string of the molecule is CCCCCCCC1c2cc(OC)c(OC)cc2CCN1Cc1ccccc1F. The highest BCUT2D eigenvalue weighted by atomic mass is 19.1. The maximum absolute atomic E-state index is 14.3. The number of methoxy groups -OCH3 is 2. The Hall–Kier alpha value is -2.07. The van der Waals surface area contributed by atoms with Crippen molar-refractivity contribution in [2.45, 2.75) is 64.5 Å². The molecule has 0 aliphatic carbocycles. The van der Waals surface area contributed by atoms with Gasteiger partial charge in [-0.15, -0.1) is 0 Å². The molecule has 1 unspecified atom stereocenters. The van der Waals surface area contributed by atoms with Crippen LogP contribution in [-0.4, -0.2) is 25.7 Å². The van der Waals surface area contributed by atoms with Crippen LogP contribution in [0.5, 0.6) is 11.5 Å². The van der Waals surface area contributed by atoms with E-state index in [1.807, 2.05) is 12.1 Å². The molecular formula is C25H34FNO2. The lowest BCUT2D eigenvalue weighted by molar-refractivity contribution is 0.161. The summed E-state index contributed by atoms with van der Waals surface area (Å²) < 4.78 is 25.4. The zero-order chi connectivity index (χ0) is 20.6. The van der Waals surface area contributed by atoms with Gasteiger partial charge in [0.05, 0.1) is 14.2 Å². The third kappa shape index (κ3) is 5.30. The fourth-order valence-electron chi connectivity index (χ4n) is 4.39. The molecule has 158 valence electrons. The summed E-state index contributed by atoms with van der Waals surface area (Å²) in [5.74, 6) is 1.44. The third-order valence-corrected chi connectivity index (χ3v) is 6.03. The lowest BCUT2D eigenvalue weighted by atomic mass is 9.88. The highest BCUT2D eigenvalue weighted by Gasteiger charge is 2.29. The largest absolute Gasteiger partial charge is 0.493 e. The summed E-state index contributed by atoms with van der Waals surface area (Å²) in [6, 6.07) is 11.7. The molecule has 1 aliphatic heterocycles. The van der Waals surface area contributed by atoms with Gasteiger partial charge in [-0.05, 0) is 42.2 Å². The second-order valence-corrected chi connectivity index (χ2v) is 7.94. The fourth-order valence-corrected chi connectivity index (χ4v) is 4.39. The summed E-state index contributed by atoms with van der Waals surface area (Å²) in [5, 5.41) is 0. The van der Waals surface area contributed by atoms with E-state index in [2.05, 4.69) is 24.0 Å². The molecule has 0 N–H and O–H groups in total.